The van der Waals surface area contributed by atoms with E-state index in [9.17, 15) is 9.50 Å². The minimum Gasteiger partial charge on any atom is -0.389 e. The van der Waals surface area contributed by atoms with Gasteiger partial charge >= 0.3 is 0 Å². The van der Waals surface area contributed by atoms with Crippen LogP contribution in [-0.2, 0) is 6.42 Å². The fourth-order valence-electron chi connectivity index (χ4n) is 3.68. The first kappa shape index (κ1) is 16.0. The highest BCUT2D eigenvalue weighted by molar-refractivity contribution is 9.10. The van der Waals surface area contributed by atoms with Gasteiger partial charge in [0.2, 0.25) is 0 Å². The monoisotopic (exact) mass is 342 g/mol. The zero-order valence-corrected chi connectivity index (χ0v) is 14.1. The number of halogens is 2. The molecule has 1 aliphatic carbocycles. The fourth-order valence-corrected chi connectivity index (χ4v) is 4.09. The molecular weight excluding hydrogens is 319 g/mol. The summed E-state index contributed by atoms with van der Waals surface area (Å²) >= 11 is 3.39. The van der Waals surface area contributed by atoms with Crippen LogP contribution in [0, 0.1) is 17.2 Å². The van der Waals surface area contributed by atoms with E-state index in [-0.39, 0.29) is 17.2 Å². The number of benzene rings is 1. The van der Waals surface area contributed by atoms with Gasteiger partial charge in [-0.2, -0.15) is 0 Å². The molecular formula is C17H24BrFO. The highest BCUT2D eigenvalue weighted by Gasteiger charge is 2.45. The van der Waals surface area contributed by atoms with Gasteiger partial charge in [-0.3, -0.25) is 0 Å². The highest BCUT2D eigenvalue weighted by Crippen LogP contribution is 2.46. The number of aliphatic hydroxyl groups is 1. The van der Waals surface area contributed by atoms with E-state index < -0.39 is 5.60 Å². The summed E-state index contributed by atoms with van der Waals surface area (Å²) < 4.78 is 14.8. The number of hydrogen-bond acceptors (Lipinski definition) is 1. The molecule has 0 amide bonds. The molecule has 1 nitrogen and oxygen atoms in total. The minimum absolute atomic E-state index is 0.0393. The van der Waals surface area contributed by atoms with Crippen molar-refractivity contribution in [2.24, 2.45) is 11.3 Å². The fraction of sp³-hybridized carbons (Fsp3) is 0.647. The van der Waals surface area contributed by atoms with Gasteiger partial charge in [-0.15, -0.1) is 0 Å². The summed E-state index contributed by atoms with van der Waals surface area (Å²) in [6.07, 6.45) is 4.38. The van der Waals surface area contributed by atoms with Gasteiger partial charge in [-0.25, -0.2) is 4.39 Å². The molecule has 0 spiro atoms. The lowest BCUT2D eigenvalue weighted by atomic mass is 9.62. The normalized spacial score (nSPS) is 27.6. The van der Waals surface area contributed by atoms with Crippen LogP contribution in [0.5, 0.6) is 0 Å². The van der Waals surface area contributed by atoms with Crippen LogP contribution in [0.25, 0.3) is 0 Å². The van der Waals surface area contributed by atoms with Gasteiger partial charge in [0.25, 0.3) is 0 Å². The van der Waals surface area contributed by atoms with E-state index in [4.69, 9.17) is 0 Å². The first-order valence-corrected chi connectivity index (χ1v) is 8.18. The zero-order chi connectivity index (χ0) is 15.0. The van der Waals surface area contributed by atoms with Crippen LogP contribution in [0.2, 0.25) is 0 Å². The predicted octanol–water partition coefficient (Wildman–Crippen LogP) is 5.10. The summed E-state index contributed by atoms with van der Waals surface area (Å²) in [4.78, 5) is 0. The lowest BCUT2D eigenvalue weighted by Gasteiger charge is -2.47. The Morgan fingerprint density at radius 3 is 2.70 bits per heavy atom. The molecule has 2 atom stereocenters. The maximum absolute atomic E-state index is 14.0. The Kier molecular flexibility index (Phi) is 4.60. The summed E-state index contributed by atoms with van der Waals surface area (Å²) in [6.45, 7) is 6.52. The first-order chi connectivity index (χ1) is 9.22. The first-order valence-electron chi connectivity index (χ1n) is 7.39. The average molecular weight is 343 g/mol. The van der Waals surface area contributed by atoms with Crippen molar-refractivity contribution in [2.45, 2.75) is 58.5 Å². The summed E-state index contributed by atoms with van der Waals surface area (Å²) in [7, 11) is 0. The Bertz CT molecular complexity index is 480. The van der Waals surface area contributed by atoms with E-state index in [1.807, 2.05) is 0 Å². The Balaban J connectivity index is 2.30. The van der Waals surface area contributed by atoms with Gasteiger partial charge in [-0.1, -0.05) is 49.5 Å². The maximum atomic E-state index is 14.0. The molecule has 112 valence electrons. The van der Waals surface area contributed by atoms with Crippen molar-refractivity contribution < 1.29 is 9.50 Å². The van der Waals surface area contributed by atoms with Crippen LogP contribution in [-0.4, -0.2) is 10.7 Å². The Hall–Kier alpha value is -0.410. The molecule has 1 aromatic rings. The highest BCUT2D eigenvalue weighted by atomic mass is 79.9. The number of rotatable bonds is 2. The molecule has 3 heteroatoms. The van der Waals surface area contributed by atoms with Crippen molar-refractivity contribution in [1.82, 2.24) is 0 Å². The second-order valence-electron chi connectivity index (χ2n) is 7.18. The quantitative estimate of drug-likeness (QED) is 0.792. The Morgan fingerprint density at radius 1 is 1.35 bits per heavy atom. The molecule has 0 aromatic heterocycles. The molecule has 1 aromatic carbocycles. The zero-order valence-electron chi connectivity index (χ0n) is 12.5. The third-order valence-corrected chi connectivity index (χ3v) is 5.04. The molecule has 1 aliphatic rings. The molecule has 2 rings (SSSR count). The molecule has 0 radical (unpaired) electrons. The van der Waals surface area contributed by atoms with Crippen LogP contribution in [0.4, 0.5) is 4.39 Å². The summed E-state index contributed by atoms with van der Waals surface area (Å²) in [5.41, 5.74) is -0.145. The molecule has 0 bridgehead atoms. The van der Waals surface area contributed by atoms with Crippen molar-refractivity contribution >= 4 is 15.9 Å². The Labute approximate surface area is 129 Å². The molecule has 1 saturated carbocycles. The molecule has 0 heterocycles. The molecule has 0 saturated heterocycles. The molecule has 20 heavy (non-hydrogen) atoms. The van der Waals surface area contributed by atoms with Crippen molar-refractivity contribution in [3.05, 3.63) is 34.1 Å². The lowest BCUT2D eigenvalue weighted by Crippen LogP contribution is -2.48. The van der Waals surface area contributed by atoms with Gasteiger partial charge < -0.3 is 5.11 Å². The van der Waals surface area contributed by atoms with E-state index in [0.717, 1.165) is 30.2 Å². The van der Waals surface area contributed by atoms with Crippen molar-refractivity contribution in [2.75, 3.05) is 0 Å². The van der Waals surface area contributed by atoms with Crippen molar-refractivity contribution in [3.8, 4) is 0 Å². The molecule has 1 N–H and O–H groups in total. The molecule has 2 unspecified atom stereocenters. The third-order valence-electron chi connectivity index (χ3n) is 4.55. The van der Waals surface area contributed by atoms with Crippen LogP contribution in [0.15, 0.2) is 22.7 Å². The second-order valence-corrected chi connectivity index (χ2v) is 8.10. The van der Waals surface area contributed by atoms with Gasteiger partial charge in [-0.05, 0) is 47.9 Å². The summed E-state index contributed by atoms with van der Waals surface area (Å²) in [5.74, 6) is -0.0120. The van der Waals surface area contributed by atoms with Gasteiger partial charge in [0.15, 0.2) is 0 Å². The van der Waals surface area contributed by atoms with Crippen LogP contribution >= 0.6 is 15.9 Å². The third kappa shape index (κ3) is 3.43. The number of hydrogen-bond donors (Lipinski definition) is 1. The average Bonchev–Trinajstić information content (AvgIpc) is 2.32. The van der Waals surface area contributed by atoms with E-state index >= 15 is 0 Å². The van der Waals surface area contributed by atoms with Gasteiger partial charge in [0.1, 0.15) is 5.82 Å². The molecule has 0 aliphatic heterocycles. The van der Waals surface area contributed by atoms with E-state index in [1.165, 1.54) is 6.07 Å². The van der Waals surface area contributed by atoms with Crippen molar-refractivity contribution in [1.29, 1.82) is 0 Å². The maximum Gasteiger partial charge on any atom is 0.126 e. The van der Waals surface area contributed by atoms with Gasteiger partial charge in [0.05, 0.1) is 5.60 Å². The van der Waals surface area contributed by atoms with Crippen LogP contribution in [0.1, 0.15) is 52.0 Å². The summed E-state index contributed by atoms with van der Waals surface area (Å²) in [5, 5.41) is 11.2. The van der Waals surface area contributed by atoms with Crippen LogP contribution < -0.4 is 0 Å². The lowest BCUT2D eigenvalue weighted by molar-refractivity contribution is -0.0893. The largest absolute Gasteiger partial charge is 0.389 e. The van der Waals surface area contributed by atoms with E-state index in [0.29, 0.717) is 12.0 Å². The smallest absolute Gasteiger partial charge is 0.126 e. The van der Waals surface area contributed by atoms with Gasteiger partial charge in [0, 0.05) is 10.9 Å². The molecule has 1 fully saturated rings. The van der Waals surface area contributed by atoms with E-state index in [1.54, 1.807) is 12.1 Å². The second kappa shape index (κ2) is 5.76. The standard InChI is InChI=1S/C17H24BrFO/c1-16(2,3)15-6-4-5-9-17(15,20)11-12-10-13(18)7-8-14(12)19/h7-8,10,15,20H,4-6,9,11H2,1-3H3. The Morgan fingerprint density at radius 2 is 2.05 bits per heavy atom. The SMILES string of the molecule is CC(C)(C)C1CCCCC1(O)Cc1cc(Br)ccc1F. The van der Waals surface area contributed by atoms with Crippen molar-refractivity contribution in [3.63, 3.8) is 0 Å². The minimum atomic E-state index is -0.794. The summed E-state index contributed by atoms with van der Waals surface area (Å²) in [6, 6.07) is 4.96. The van der Waals surface area contributed by atoms with E-state index in [2.05, 4.69) is 36.7 Å². The predicted molar refractivity (Wildman–Crippen MR) is 84.2 cm³/mol. The van der Waals surface area contributed by atoms with Crippen LogP contribution in [0.3, 0.4) is 0 Å². The topological polar surface area (TPSA) is 20.2 Å².